The van der Waals surface area contributed by atoms with Gasteiger partial charge in [-0.25, -0.2) is 4.98 Å². The topological polar surface area (TPSA) is 118 Å². The largest absolute Gasteiger partial charge is 0.495 e. The molecule has 1 saturated heterocycles. The van der Waals surface area contributed by atoms with Gasteiger partial charge in [0.2, 0.25) is 17.7 Å². The molecule has 2 amide bonds. The molecule has 0 spiro atoms. The van der Waals surface area contributed by atoms with E-state index in [1.165, 1.54) is 30.3 Å². The molecule has 2 aromatic heterocycles. The van der Waals surface area contributed by atoms with Crippen molar-refractivity contribution in [3.05, 3.63) is 72.1 Å². The van der Waals surface area contributed by atoms with Gasteiger partial charge in [0, 0.05) is 30.4 Å². The van der Waals surface area contributed by atoms with Gasteiger partial charge in [-0.05, 0) is 73.8 Å². The number of methoxy groups -OCH3 is 1. The molecule has 0 unspecified atom stereocenters. The van der Waals surface area contributed by atoms with Crippen molar-refractivity contribution in [2.45, 2.75) is 12.8 Å². The number of carbonyl (C=O) groups excluding carboxylic acids is 2. The number of likely N-dealkylation sites (tertiary alicyclic amines) is 1. The molecule has 3 N–H and O–H groups in total. The van der Waals surface area contributed by atoms with E-state index in [2.05, 4.69) is 37.4 Å². The van der Waals surface area contributed by atoms with Crippen molar-refractivity contribution in [1.82, 2.24) is 20.2 Å². The summed E-state index contributed by atoms with van der Waals surface area (Å²) in [6.07, 6.45) is 3.65. The summed E-state index contributed by atoms with van der Waals surface area (Å²) in [4.78, 5) is 36.0. The van der Waals surface area contributed by atoms with Crippen LogP contribution in [0.2, 0.25) is 0 Å². The monoisotopic (exact) mass is 558 g/mol. The lowest BCUT2D eigenvalue weighted by atomic mass is 10.1. The van der Waals surface area contributed by atoms with Gasteiger partial charge < -0.3 is 30.3 Å². The lowest BCUT2D eigenvalue weighted by Gasteiger charge is -2.15. The van der Waals surface area contributed by atoms with Gasteiger partial charge in [-0.1, -0.05) is 12.6 Å². The molecule has 4 aromatic rings. The lowest BCUT2D eigenvalue weighted by Crippen LogP contribution is -2.33. The second kappa shape index (κ2) is 12.6. The van der Waals surface area contributed by atoms with E-state index in [4.69, 9.17) is 9.47 Å². The van der Waals surface area contributed by atoms with Crippen LogP contribution < -0.4 is 25.4 Å². The Morgan fingerprint density at radius 2 is 1.98 bits per heavy atom. The zero-order chi connectivity index (χ0) is 27.9. The highest BCUT2D eigenvalue weighted by Crippen LogP contribution is 2.35. The number of fused-ring (bicyclic) bond motifs is 1. The van der Waals surface area contributed by atoms with Crippen LogP contribution in [0.15, 0.2) is 66.6 Å². The number of carbonyl (C=O) groups is 2. The molecule has 11 heteroatoms. The molecule has 0 saturated carbocycles. The van der Waals surface area contributed by atoms with Crippen molar-refractivity contribution in [1.29, 1.82) is 0 Å². The maximum Gasteiger partial charge on any atom is 0.251 e. The molecule has 40 heavy (non-hydrogen) atoms. The summed E-state index contributed by atoms with van der Waals surface area (Å²) in [5.41, 5.74) is 2.39. The number of hydrogen-bond acceptors (Lipinski definition) is 9. The van der Waals surface area contributed by atoms with E-state index in [9.17, 15) is 9.59 Å². The third-order valence-corrected chi connectivity index (χ3v) is 7.29. The van der Waals surface area contributed by atoms with E-state index in [0.29, 0.717) is 52.3 Å². The Morgan fingerprint density at radius 3 is 2.77 bits per heavy atom. The first kappa shape index (κ1) is 27.1. The number of amides is 2. The van der Waals surface area contributed by atoms with Crippen molar-refractivity contribution >= 4 is 50.7 Å². The van der Waals surface area contributed by atoms with Crippen LogP contribution in [0.4, 0.5) is 17.3 Å². The fourth-order valence-corrected chi connectivity index (χ4v) is 5.15. The van der Waals surface area contributed by atoms with Gasteiger partial charge in [0.15, 0.2) is 0 Å². The minimum Gasteiger partial charge on any atom is -0.495 e. The maximum atomic E-state index is 12.7. The van der Waals surface area contributed by atoms with E-state index in [0.717, 1.165) is 24.3 Å². The van der Waals surface area contributed by atoms with Gasteiger partial charge in [0.1, 0.15) is 16.2 Å². The quantitative estimate of drug-likeness (QED) is 0.216. The first-order valence-electron chi connectivity index (χ1n) is 12.9. The Labute approximate surface area is 236 Å². The van der Waals surface area contributed by atoms with Crippen LogP contribution >= 0.6 is 11.3 Å². The van der Waals surface area contributed by atoms with Crippen LogP contribution in [0.1, 0.15) is 23.2 Å². The van der Waals surface area contributed by atoms with Gasteiger partial charge in [-0.15, -0.1) is 11.3 Å². The lowest BCUT2D eigenvalue weighted by molar-refractivity contribution is -0.111. The Balaban J connectivity index is 1.32. The van der Waals surface area contributed by atoms with Crippen LogP contribution in [0.5, 0.6) is 17.4 Å². The summed E-state index contributed by atoms with van der Waals surface area (Å²) in [5.74, 6) is 1.18. The van der Waals surface area contributed by atoms with Gasteiger partial charge >= 0.3 is 0 Å². The predicted molar refractivity (Wildman–Crippen MR) is 157 cm³/mol. The van der Waals surface area contributed by atoms with Crippen molar-refractivity contribution in [3.8, 4) is 17.4 Å². The number of benzene rings is 2. The minimum absolute atomic E-state index is 0.151. The number of rotatable bonds is 11. The van der Waals surface area contributed by atoms with Crippen LogP contribution in [-0.2, 0) is 4.79 Å². The third-order valence-electron chi connectivity index (χ3n) is 6.40. The fourth-order valence-electron chi connectivity index (χ4n) is 4.40. The van der Waals surface area contributed by atoms with Crippen molar-refractivity contribution in [2.24, 2.45) is 0 Å². The molecule has 0 aliphatic carbocycles. The standard InChI is InChI=1S/C29H30N6O4S/c1-3-25(36)31-20-7-6-8-21(18-20)39-28-26-23(11-16-40-26)33-29(34-28)32-22-10-9-19(17-24(22)38-2)27(37)30-12-15-35-13-4-5-14-35/h3,6-11,16-18H,1,4-5,12-15H2,2H3,(H,30,37)(H,31,36)(H,32,33,34). The molecule has 0 bridgehead atoms. The second-order valence-corrected chi connectivity index (χ2v) is 10.1. The highest BCUT2D eigenvalue weighted by Gasteiger charge is 2.16. The van der Waals surface area contributed by atoms with E-state index in [1.54, 1.807) is 49.6 Å². The maximum absolute atomic E-state index is 12.7. The third kappa shape index (κ3) is 6.56. The molecule has 3 heterocycles. The molecule has 1 fully saturated rings. The molecular weight excluding hydrogens is 528 g/mol. The zero-order valence-corrected chi connectivity index (χ0v) is 22.9. The Hall–Kier alpha value is -4.48. The van der Waals surface area contributed by atoms with Gasteiger partial charge in [0.25, 0.3) is 5.91 Å². The van der Waals surface area contributed by atoms with Crippen molar-refractivity contribution in [2.75, 3.05) is 43.9 Å². The predicted octanol–water partition coefficient (Wildman–Crippen LogP) is 5.19. The summed E-state index contributed by atoms with van der Waals surface area (Å²) >= 11 is 1.46. The highest BCUT2D eigenvalue weighted by atomic mass is 32.1. The summed E-state index contributed by atoms with van der Waals surface area (Å²) in [5, 5.41) is 10.8. The van der Waals surface area contributed by atoms with Gasteiger partial charge in [-0.2, -0.15) is 4.98 Å². The van der Waals surface area contributed by atoms with Gasteiger partial charge in [0.05, 0.1) is 18.3 Å². The molecule has 1 aliphatic rings. The van der Waals surface area contributed by atoms with Crippen LogP contribution in [0.3, 0.4) is 0 Å². The smallest absolute Gasteiger partial charge is 0.251 e. The van der Waals surface area contributed by atoms with Crippen molar-refractivity contribution in [3.63, 3.8) is 0 Å². The van der Waals surface area contributed by atoms with E-state index in [1.807, 2.05) is 11.4 Å². The molecule has 0 radical (unpaired) electrons. The average molecular weight is 559 g/mol. The van der Waals surface area contributed by atoms with Crippen molar-refractivity contribution < 1.29 is 19.1 Å². The van der Waals surface area contributed by atoms with E-state index < -0.39 is 0 Å². The molecule has 0 atom stereocenters. The summed E-state index contributed by atoms with van der Waals surface area (Å²) in [6.45, 7) is 7.11. The average Bonchev–Trinajstić information content (AvgIpc) is 3.66. The number of ether oxygens (including phenoxy) is 2. The van der Waals surface area contributed by atoms with E-state index >= 15 is 0 Å². The fraction of sp³-hybridized carbons (Fsp3) is 0.241. The number of aromatic nitrogens is 2. The second-order valence-electron chi connectivity index (χ2n) is 9.16. The number of anilines is 3. The minimum atomic E-state index is -0.314. The van der Waals surface area contributed by atoms with Crippen LogP contribution in [0.25, 0.3) is 10.2 Å². The highest BCUT2D eigenvalue weighted by molar-refractivity contribution is 7.17. The Bertz CT molecular complexity index is 1530. The van der Waals surface area contributed by atoms with E-state index in [-0.39, 0.29) is 11.8 Å². The normalized spacial score (nSPS) is 13.1. The number of nitrogens with one attached hydrogen (secondary N) is 3. The Kier molecular flexibility index (Phi) is 8.53. The summed E-state index contributed by atoms with van der Waals surface area (Å²) in [6, 6.07) is 14.1. The Morgan fingerprint density at radius 1 is 1.12 bits per heavy atom. The number of hydrogen-bond donors (Lipinski definition) is 3. The van der Waals surface area contributed by atoms with Crippen LogP contribution in [-0.4, -0.2) is 60.0 Å². The first-order valence-corrected chi connectivity index (χ1v) is 13.8. The van der Waals surface area contributed by atoms with Crippen LogP contribution in [0, 0.1) is 0 Å². The molecular formula is C29H30N6O4S. The molecule has 5 rings (SSSR count). The molecule has 10 nitrogen and oxygen atoms in total. The summed E-state index contributed by atoms with van der Waals surface area (Å²) in [7, 11) is 1.55. The molecule has 206 valence electrons. The summed E-state index contributed by atoms with van der Waals surface area (Å²) < 4.78 is 12.5. The first-order chi connectivity index (χ1) is 19.5. The zero-order valence-electron chi connectivity index (χ0n) is 22.1. The number of thiophene rings is 1. The van der Waals surface area contributed by atoms with Gasteiger partial charge in [-0.3, -0.25) is 9.59 Å². The number of nitrogens with zero attached hydrogens (tertiary/aromatic N) is 3. The molecule has 2 aromatic carbocycles. The SMILES string of the molecule is C=CC(=O)Nc1cccc(Oc2nc(Nc3ccc(C(=O)NCCN4CCCC4)cc3OC)nc3ccsc23)c1. The molecule has 1 aliphatic heterocycles.